The lowest BCUT2D eigenvalue weighted by Crippen LogP contribution is -2.57. The third-order valence-electron chi connectivity index (χ3n) is 6.83. The van der Waals surface area contributed by atoms with Crippen molar-refractivity contribution in [3.63, 3.8) is 0 Å². The van der Waals surface area contributed by atoms with Gasteiger partial charge in [0, 0.05) is 54.8 Å². The largest absolute Gasteiger partial charge is 0.359 e. The average Bonchev–Trinajstić information content (AvgIpc) is 3.21. The monoisotopic (exact) mass is 437 g/mol. The number of hydrogen-bond acceptors (Lipinski definition) is 3. The van der Waals surface area contributed by atoms with Crippen molar-refractivity contribution in [2.24, 2.45) is 5.92 Å². The summed E-state index contributed by atoms with van der Waals surface area (Å²) >= 11 is 0. The number of H-pyrrole nitrogens is 1. The van der Waals surface area contributed by atoms with E-state index in [1.807, 2.05) is 41.0 Å². The van der Waals surface area contributed by atoms with Gasteiger partial charge in [0.2, 0.25) is 11.8 Å². The van der Waals surface area contributed by atoms with Crippen LogP contribution in [0.25, 0.3) is 10.9 Å². The van der Waals surface area contributed by atoms with E-state index in [0.29, 0.717) is 31.7 Å². The van der Waals surface area contributed by atoms with E-state index in [0.717, 1.165) is 42.3 Å². The third kappa shape index (κ3) is 4.81. The Labute approximate surface area is 189 Å². The number of amides is 3. The molecule has 7 heteroatoms. The van der Waals surface area contributed by atoms with E-state index in [1.165, 1.54) is 12.8 Å². The van der Waals surface area contributed by atoms with Crippen LogP contribution in [0.2, 0.25) is 0 Å². The zero-order valence-electron chi connectivity index (χ0n) is 19.0. The molecule has 1 atom stereocenters. The Hall–Kier alpha value is -2.83. The van der Waals surface area contributed by atoms with Gasteiger partial charge in [-0.1, -0.05) is 26.2 Å². The molecule has 2 aliphatic rings. The van der Waals surface area contributed by atoms with E-state index >= 15 is 0 Å². The zero-order valence-corrected chi connectivity index (χ0v) is 19.0. The molecule has 32 heavy (non-hydrogen) atoms. The molecule has 4 rings (SSSR count). The molecule has 2 fully saturated rings. The van der Waals surface area contributed by atoms with Gasteiger partial charge in [0.25, 0.3) is 5.91 Å². The molecule has 2 aromatic rings. The van der Waals surface area contributed by atoms with E-state index in [9.17, 15) is 14.4 Å². The Kier molecular flexibility index (Phi) is 6.82. The summed E-state index contributed by atoms with van der Waals surface area (Å²) in [6.07, 6.45) is 6.82. The minimum Gasteiger partial charge on any atom is -0.359 e. The highest BCUT2D eigenvalue weighted by Gasteiger charge is 2.35. The van der Waals surface area contributed by atoms with Crippen LogP contribution in [0.4, 0.5) is 0 Å². The lowest BCUT2D eigenvalue weighted by atomic mass is 9.83. The second kappa shape index (κ2) is 9.76. The van der Waals surface area contributed by atoms with Gasteiger partial charge in [-0.25, -0.2) is 0 Å². The van der Waals surface area contributed by atoms with Gasteiger partial charge in [-0.15, -0.1) is 0 Å². The molecule has 1 radical (unpaired) electrons. The summed E-state index contributed by atoms with van der Waals surface area (Å²) in [5.74, 6) is -0.0199. The van der Waals surface area contributed by atoms with Crippen LogP contribution in [0.1, 0.15) is 55.1 Å². The standard InChI is InChI=1S/C25H33N4O3/c1-3-22(30)27-23(18-7-5-4-6-8-18)25(32)29-13-11-28(12-14-29)24(31)19-9-10-21-20(16-19)15-17(2)26-21/h3,9-10,15-16,18,23,26H,4-8,11-14H2,1-2H3,(H,27,30)/t23-/m0/s1. The smallest absolute Gasteiger partial charge is 0.253 e. The first kappa shape index (κ1) is 22.4. The molecule has 2 N–H and O–H groups in total. The highest BCUT2D eigenvalue weighted by Crippen LogP contribution is 2.28. The van der Waals surface area contributed by atoms with Crippen molar-refractivity contribution in [2.75, 3.05) is 26.2 Å². The number of benzene rings is 1. The molecule has 7 nitrogen and oxygen atoms in total. The number of aromatic nitrogens is 1. The van der Waals surface area contributed by atoms with Crippen molar-refractivity contribution in [2.45, 2.75) is 52.0 Å². The highest BCUT2D eigenvalue weighted by atomic mass is 16.2. The van der Waals surface area contributed by atoms with Gasteiger partial charge >= 0.3 is 0 Å². The fourth-order valence-corrected chi connectivity index (χ4v) is 5.01. The van der Waals surface area contributed by atoms with Crippen LogP contribution in [0.5, 0.6) is 0 Å². The van der Waals surface area contributed by atoms with E-state index in [2.05, 4.69) is 10.3 Å². The normalized spacial score (nSPS) is 18.6. The lowest BCUT2D eigenvalue weighted by Gasteiger charge is -2.39. The lowest BCUT2D eigenvalue weighted by molar-refractivity contribution is -0.139. The Morgan fingerprint density at radius 1 is 1.03 bits per heavy atom. The second-order valence-electron chi connectivity index (χ2n) is 9.04. The Morgan fingerprint density at radius 2 is 1.72 bits per heavy atom. The molecule has 1 aliphatic heterocycles. The maximum absolute atomic E-state index is 13.3. The fraction of sp³-hybridized carbons (Fsp3) is 0.520. The molecule has 1 aliphatic carbocycles. The van der Waals surface area contributed by atoms with Crippen LogP contribution in [-0.2, 0) is 9.59 Å². The van der Waals surface area contributed by atoms with Crippen molar-refractivity contribution in [1.29, 1.82) is 0 Å². The molecule has 3 amide bonds. The number of fused-ring (bicyclic) bond motifs is 1. The number of rotatable bonds is 5. The van der Waals surface area contributed by atoms with Crippen LogP contribution >= 0.6 is 0 Å². The first-order chi connectivity index (χ1) is 15.5. The molecule has 1 aromatic heterocycles. The van der Waals surface area contributed by atoms with E-state index in [-0.39, 0.29) is 23.6 Å². The quantitative estimate of drug-likeness (QED) is 0.754. The summed E-state index contributed by atoms with van der Waals surface area (Å²) in [6, 6.07) is 7.29. The fourth-order valence-electron chi connectivity index (χ4n) is 5.01. The molecule has 1 saturated heterocycles. The first-order valence-corrected chi connectivity index (χ1v) is 11.7. The number of carbonyl (C=O) groups is 3. The summed E-state index contributed by atoms with van der Waals surface area (Å²) in [6.45, 7) is 5.67. The second-order valence-corrected chi connectivity index (χ2v) is 9.04. The molecule has 0 unspecified atom stereocenters. The molecular weight excluding hydrogens is 404 g/mol. The number of carbonyl (C=O) groups excluding carboxylic acids is 3. The number of nitrogens with zero attached hydrogens (tertiary/aromatic N) is 2. The number of hydrogen-bond donors (Lipinski definition) is 2. The summed E-state index contributed by atoms with van der Waals surface area (Å²) < 4.78 is 0. The van der Waals surface area contributed by atoms with Crippen molar-refractivity contribution in [3.8, 4) is 0 Å². The SMILES string of the molecule is C[CH]C(=O)N[C@H](C(=O)N1CCN(C(=O)c2ccc3[nH]c(C)cc3c2)CC1)C1CCCCC1. The minimum absolute atomic E-state index is 0.00410. The Balaban J connectivity index is 1.39. The molecule has 2 heterocycles. The molecule has 0 spiro atoms. The third-order valence-corrected chi connectivity index (χ3v) is 6.83. The van der Waals surface area contributed by atoms with Crippen LogP contribution in [0, 0.1) is 19.3 Å². The van der Waals surface area contributed by atoms with Gasteiger partial charge in [0.1, 0.15) is 6.04 Å². The van der Waals surface area contributed by atoms with Crippen molar-refractivity contribution in [3.05, 3.63) is 41.9 Å². The number of piperazine rings is 1. The van der Waals surface area contributed by atoms with Crippen molar-refractivity contribution in [1.82, 2.24) is 20.1 Å². The molecule has 1 aromatic carbocycles. The average molecular weight is 438 g/mol. The van der Waals surface area contributed by atoms with Crippen LogP contribution in [0.3, 0.4) is 0 Å². The predicted molar refractivity (Wildman–Crippen MR) is 124 cm³/mol. The number of nitrogens with one attached hydrogen (secondary N) is 2. The molecule has 1 saturated carbocycles. The summed E-state index contributed by atoms with van der Waals surface area (Å²) in [7, 11) is 0. The van der Waals surface area contributed by atoms with Gasteiger partial charge in [-0.3, -0.25) is 14.4 Å². The van der Waals surface area contributed by atoms with Crippen molar-refractivity contribution >= 4 is 28.6 Å². The van der Waals surface area contributed by atoms with Gasteiger partial charge in [-0.2, -0.15) is 0 Å². The van der Waals surface area contributed by atoms with Crippen LogP contribution in [-0.4, -0.2) is 64.7 Å². The summed E-state index contributed by atoms with van der Waals surface area (Å²) in [4.78, 5) is 45.3. The number of aromatic amines is 1. The predicted octanol–water partition coefficient (Wildman–Crippen LogP) is 3.05. The Morgan fingerprint density at radius 3 is 2.41 bits per heavy atom. The minimum atomic E-state index is -0.472. The topological polar surface area (TPSA) is 85.5 Å². The summed E-state index contributed by atoms with van der Waals surface area (Å²) in [5.41, 5.74) is 2.76. The molecule has 171 valence electrons. The number of aryl methyl sites for hydroxylation is 1. The van der Waals surface area contributed by atoms with Crippen LogP contribution < -0.4 is 5.32 Å². The highest BCUT2D eigenvalue weighted by molar-refractivity contribution is 5.98. The van der Waals surface area contributed by atoms with Crippen LogP contribution in [0.15, 0.2) is 24.3 Å². The van der Waals surface area contributed by atoms with Gasteiger partial charge in [0.05, 0.1) is 0 Å². The van der Waals surface area contributed by atoms with Crippen molar-refractivity contribution < 1.29 is 14.4 Å². The Bertz CT molecular complexity index is 984. The molecular formula is C25H33N4O3. The van der Waals surface area contributed by atoms with E-state index < -0.39 is 6.04 Å². The first-order valence-electron chi connectivity index (χ1n) is 11.7. The van der Waals surface area contributed by atoms with E-state index in [4.69, 9.17) is 0 Å². The van der Waals surface area contributed by atoms with Gasteiger partial charge in [0.15, 0.2) is 0 Å². The van der Waals surface area contributed by atoms with E-state index in [1.54, 1.807) is 6.92 Å². The molecule has 0 bridgehead atoms. The van der Waals surface area contributed by atoms with Gasteiger partial charge in [-0.05, 0) is 49.9 Å². The van der Waals surface area contributed by atoms with Gasteiger partial charge < -0.3 is 20.1 Å². The maximum atomic E-state index is 13.3. The zero-order chi connectivity index (χ0) is 22.7. The maximum Gasteiger partial charge on any atom is 0.253 e. The summed E-state index contributed by atoms with van der Waals surface area (Å²) in [5, 5.41) is 3.97.